The predicted molar refractivity (Wildman–Crippen MR) is 151 cm³/mol. The van der Waals surface area contributed by atoms with Gasteiger partial charge in [-0.05, 0) is 44.5 Å². The van der Waals surface area contributed by atoms with E-state index in [9.17, 15) is 8.78 Å². The Balaban J connectivity index is 1.45. The predicted octanol–water partition coefficient (Wildman–Crippen LogP) is 4.62. The van der Waals surface area contributed by atoms with Crippen LogP contribution < -0.4 is 19.5 Å². The van der Waals surface area contributed by atoms with Gasteiger partial charge in [0.25, 0.3) is 11.8 Å². The summed E-state index contributed by atoms with van der Waals surface area (Å²) in [6.45, 7) is 5.53. The third kappa shape index (κ3) is 5.94. The molecule has 0 amide bonds. The number of nitrogens with zero attached hydrogens (tertiary/aromatic N) is 7. The molecule has 1 aromatic carbocycles. The molecule has 1 saturated heterocycles. The number of benzene rings is 1. The first-order chi connectivity index (χ1) is 19.7. The Bertz CT molecular complexity index is 1610. The lowest BCUT2D eigenvalue weighted by Gasteiger charge is -2.36. The highest BCUT2D eigenvalue weighted by molar-refractivity contribution is 5.96. The van der Waals surface area contributed by atoms with Crippen LogP contribution in [0.2, 0.25) is 0 Å². The number of hydrogen-bond donors (Lipinski definition) is 1. The van der Waals surface area contributed by atoms with Crippen molar-refractivity contribution < 1.29 is 23.0 Å². The first-order valence-corrected chi connectivity index (χ1v) is 12.8. The van der Waals surface area contributed by atoms with E-state index in [4.69, 9.17) is 14.2 Å². The maximum Gasteiger partial charge on any atom is 0.296 e. The van der Waals surface area contributed by atoms with Gasteiger partial charge in [0, 0.05) is 44.2 Å². The summed E-state index contributed by atoms with van der Waals surface area (Å²) in [7, 11) is 4.93. The van der Waals surface area contributed by atoms with Crippen molar-refractivity contribution >= 4 is 35.2 Å². The molecule has 0 bridgehead atoms. The van der Waals surface area contributed by atoms with Crippen LogP contribution in [0.4, 0.5) is 20.3 Å². The van der Waals surface area contributed by atoms with Crippen LogP contribution in [-0.2, 0) is 7.05 Å². The first kappa shape index (κ1) is 27.9. The largest absolute Gasteiger partial charge is 0.478 e. The summed E-state index contributed by atoms with van der Waals surface area (Å²) in [5.41, 5.74) is 1.87. The second-order valence-electron chi connectivity index (χ2n) is 9.72. The number of aliphatic imine (C=N–C) groups is 1. The van der Waals surface area contributed by atoms with Gasteiger partial charge in [0.05, 0.1) is 30.8 Å². The molecule has 1 aliphatic rings. The van der Waals surface area contributed by atoms with Gasteiger partial charge in [-0.3, -0.25) is 0 Å². The lowest BCUT2D eigenvalue weighted by molar-refractivity contribution is -0.135. The van der Waals surface area contributed by atoms with E-state index in [-0.39, 0.29) is 23.9 Å². The molecular formula is C28H30F2N8O3. The number of aryl methyl sites for hydroxylation is 2. The Labute approximate surface area is 235 Å². The van der Waals surface area contributed by atoms with Gasteiger partial charge in [-0.2, -0.15) is 0 Å². The fourth-order valence-corrected chi connectivity index (χ4v) is 4.56. The number of ether oxygens (including phenoxy) is 3. The van der Waals surface area contributed by atoms with Crippen molar-refractivity contribution in [3.63, 3.8) is 0 Å². The number of aromatic nitrogens is 5. The van der Waals surface area contributed by atoms with Crippen molar-refractivity contribution in [3.8, 4) is 17.4 Å². The Hall–Kier alpha value is -4.65. The zero-order valence-electron chi connectivity index (χ0n) is 23.1. The number of methoxy groups -OCH3 is 1. The quantitative estimate of drug-likeness (QED) is 0.230. The molecule has 214 valence electrons. The lowest BCUT2D eigenvalue weighted by atomic mass is 10.0. The average Bonchev–Trinajstić information content (AvgIpc) is 3.34. The molecule has 41 heavy (non-hydrogen) atoms. The standard InChI is InChI=1S/C28H30F2N8O3/c1-17-12-18(6-7-20(17)40-23(31-2)13-22-32-9-11-38(22)4)36-26-24-19(34-16-35-26)14-33-27(39-5)25(24)41-21-8-10-37(3)15-28(21,29)30/h6-7,9,11-14,16,21H,2,8,10,15H2,1,3-5H3,(H,34,35,36)/b23-13+/t21-/m0/s1. The second kappa shape index (κ2) is 11.5. The number of anilines is 2. The fraction of sp³-hybridized carbons (Fsp3) is 0.321. The summed E-state index contributed by atoms with van der Waals surface area (Å²) in [5.74, 6) is -1.08. The number of pyridine rings is 1. The van der Waals surface area contributed by atoms with Gasteiger partial charge in [0.2, 0.25) is 5.88 Å². The topological polar surface area (TPSA) is 112 Å². The molecule has 0 saturated carbocycles. The van der Waals surface area contributed by atoms with Gasteiger partial charge < -0.3 is 29.0 Å². The van der Waals surface area contributed by atoms with Crippen LogP contribution in [0.5, 0.6) is 17.4 Å². The SMILES string of the molecule is C=N/C(=C\c1nccn1C)Oc1ccc(Nc2ncnc3cnc(OC)c(O[C@H]4CCN(C)CC4(F)F)c23)cc1C. The van der Waals surface area contributed by atoms with Crippen LogP contribution in [0.15, 0.2) is 54.0 Å². The van der Waals surface area contributed by atoms with Crippen molar-refractivity contribution in [2.45, 2.75) is 25.4 Å². The van der Waals surface area contributed by atoms with Gasteiger partial charge in [-0.15, -0.1) is 0 Å². The number of nitrogens with one attached hydrogen (secondary N) is 1. The number of halogens is 2. The van der Waals surface area contributed by atoms with Crippen LogP contribution in [0.25, 0.3) is 17.0 Å². The average molecular weight is 565 g/mol. The molecule has 1 atom stereocenters. The summed E-state index contributed by atoms with van der Waals surface area (Å²) in [4.78, 5) is 22.7. The highest BCUT2D eigenvalue weighted by Gasteiger charge is 2.46. The van der Waals surface area contributed by atoms with Crippen LogP contribution in [0.1, 0.15) is 17.8 Å². The number of piperidine rings is 1. The van der Waals surface area contributed by atoms with E-state index in [0.29, 0.717) is 40.5 Å². The molecule has 5 rings (SSSR count). The number of imidazole rings is 1. The molecule has 0 spiro atoms. The minimum absolute atomic E-state index is 0.0557. The van der Waals surface area contributed by atoms with Gasteiger partial charge in [0.1, 0.15) is 23.7 Å². The van der Waals surface area contributed by atoms with E-state index >= 15 is 0 Å². The van der Waals surface area contributed by atoms with Crippen molar-refractivity contribution in [2.24, 2.45) is 12.0 Å². The highest BCUT2D eigenvalue weighted by atomic mass is 19.3. The maximum atomic E-state index is 14.9. The van der Waals surface area contributed by atoms with E-state index in [2.05, 4.69) is 37.0 Å². The van der Waals surface area contributed by atoms with E-state index in [0.717, 1.165) is 5.56 Å². The summed E-state index contributed by atoms with van der Waals surface area (Å²) in [6, 6.07) is 5.42. The molecule has 4 heterocycles. The Morgan fingerprint density at radius 3 is 2.73 bits per heavy atom. The third-order valence-corrected chi connectivity index (χ3v) is 6.70. The molecule has 13 heteroatoms. The van der Waals surface area contributed by atoms with E-state index in [1.54, 1.807) is 36.4 Å². The molecule has 1 N–H and O–H groups in total. The molecular weight excluding hydrogens is 534 g/mol. The monoisotopic (exact) mass is 564 g/mol. The van der Waals surface area contributed by atoms with E-state index < -0.39 is 18.6 Å². The van der Waals surface area contributed by atoms with Crippen LogP contribution >= 0.6 is 0 Å². The summed E-state index contributed by atoms with van der Waals surface area (Å²) < 4.78 is 49.0. The smallest absolute Gasteiger partial charge is 0.296 e. The van der Waals surface area contributed by atoms with Gasteiger partial charge in [-0.1, -0.05) is 0 Å². The molecule has 0 radical (unpaired) electrons. The van der Waals surface area contributed by atoms with Crippen LogP contribution in [0, 0.1) is 6.92 Å². The molecule has 1 aliphatic heterocycles. The Kier molecular flexibility index (Phi) is 7.79. The fourth-order valence-electron chi connectivity index (χ4n) is 4.56. The van der Waals surface area contributed by atoms with E-state index in [1.165, 1.54) is 19.6 Å². The number of rotatable bonds is 9. The van der Waals surface area contributed by atoms with Crippen molar-refractivity contribution in [1.82, 2.24) is 29.4 Å². The highest BCUT2D eigenvalue weighted by Crippen LogP contribution is 2.41. The van der Waals surface area contributed by atoms with Crippen molar-refractivity contribution in [3.05, 3.63) is 60.4 Å². The number of likely N-dealkylation sites (tertiary alicyclic amines) is 1. The van der Waals surface area contributed by atoms with Crippen molar-refractivity contribution in [1.29, 1.82) is 0 Å². The zero-order valence-corrected chi connectivity index (χ0v) is 23.1. The molecule has 0 aliphatic carbocycles. The minimum Gasteiger partial charge on any atom is -0.478 e. The molecule has 4 aromatic rings. The normalized spacial score (nSPS) is 17.3. The van der Waals surface area contributed by atoms with Crippen molar-refractivity contribution in [2.75, 3.05) is 32.6 Å². The molecule has 11 nitrogen and oxygen atoms in total. The summed E-state index contributed by atoms with van der Waals surface area (Å²) >= 11 is 0. The number of fused-ring (bicyclic) bond motifs is 1. The maximum absolute atomic E-state index is 14.9. The third-order valence-electron chi connectivity index (χ3n) is 6.70. The van der Waals surface area contributed by atoms with Gasteiger partial charge in [-0.25, -0.2) is 33.7 Å². The molecule has 3 aromatic heterocycles. The van der Waals surface area contributed by atoms with Gasteiger partial charge >= 0.3 is 0 Å². The van der Waals surface area contributed by atoms with E-state index in [1.807, 2.05) is 30.8 Å². The molecule has 1 fully saturated rings. The Morgan fingerprint density at radius 2 is 2.05 bits per heavy atom. The summed E-state index contributed by atoms with van der Waals surface area (Å²) in [5, 5.41) is 3.63. The minimum atomic E-state index is -3.07. The number of hydrogen-bond acceptors (Lipinski definition) is 10. The zero-order chi connectivity index (χ0) is 29.1. The number of alkyl halides is 2. The lowest BCUT2D eigenvalue weighted by Crippen LogP contribution is -2.52. The van der Waals surface area contributed by atoms with Crippen LogP contribution in [0.3, 0.4) is 0 Å². The molecule has 0 unspecified atom stereocenters. The second-order valence-corrected chi connectivity index (χ2v) is 9.72. The summed E-state index contributed by atoms with van der Waals surface area (Å²) in [6.07, 6.45) is 6.80. The first-order valence-electron chi connectivity index (χ1n) is 12.8. The van der Waals surface area contributed by atoms with Gasteiger partial charge in [0.15, 0.2) is 11.9 Å². The van der Waals surface area contributed by atoms with Crippen LogP contribution in [-0.4, -0.2) is 75.4 Å². The Morgan fingerprint density at radius 1 is 1.22 bits per heavy atom.